The third kappa shape index (κ3) is 3.07. The molecule has 0 saturated carbocycles. The van der Waals surface area contributed by atoms with Crippen LogP contribution in [0.5, 0.6) is 0 Å². The number of aryl methyl sites for hydroxylation is 1. The van der Waals surface area contributed by atoms with Crippen molar-refractivity contribution in [3.05, 3.63) is 83.0 Å². The maximum absolute atomic E-state index is 12.3. The number of nitrogens with zero attached hydrogens (tertiary/aromatic N) is 1. The molecule has 0 aliphatic rings. The number of carbonyl (C=O) groups excluding carboxylic acids is 1. The highest BCUT2D eigenvalue weighted by Crippen LogP contribution is 2.29. The molecular formula is C21H15ClN2O2. The summed E-state index contributed by atoms with van der Waals surface area (Å²) in [6.07, 6.45) is 1.71. The fourth-order valence-electron chi connectivity index (χ4n) is 2.92. The maximum atomic E-state index is 12.3. The van der Waals surface area contributed by atoms with Crippen molar-refractivity contribution < 1.29 is 9.32 Å². The molecule has 4 nitrogen and oxygen atoms in total. The summed E-state index contributed by atoms with van der Waals surface area (Å²) in [7, 11) is 0. The third-order valence-corrected chi connectivity index (χ3v) is 4.60. The van der Waals surface area contributed by atoms with Crippen LogP contribution in [-0.4, -0.2) is 11.1 Å². The second-order valence-electron chi connectivity index (χ2n) is 6.04. The van der Waals surface area contributed by atoms with Gasteiger partial charge in [0.05, 0.1) is 16.8 Å². The lowest BCUT2D eigenvalue weighted by atomic mass is 9.99. The van der Waals surface area contributed by atoms with Gasteiger partial charge in [0.2, 0.25) is 0 Å². The van der Waals surface area contributed by atoms with Crippen LogP contribution < -0.4 is 5.32 Å². The van der Waals surface area contributed by atoms with Crippen LogP contribution in [0.1, 0.15) is 15.9 Å². The summed E-state index contributed by atoms with van der Waals surface area (Å²) in [4.78, 5) is 12.3. The summed E-state index contributed by atoms with van der Waals surface area (Å²) < 4.78 is 5.25. The van der Waals surface area contributed by atoms with Crippen molar-refractivity contribution in [1.82, 2.24) is 5.16 Å². The van der Waals surface area contributed by atoms with Gasteiger partial charge in [-0.2, -0.15) is 0 Å². The Kier molecular flexibility index (Phi) is 4.19. The Labute approximate surface area is 155 Å². The molecule has 1 N–H and O–H groups in total. The van der Waals surface area contributed by atoms with Crippen molar-refractivity contribution in [3.63, 3.8) is 0 Å². The molecule has 128 valence electrons. The van der Waals surface area contributed by atoms with Crippen LogP contribution in [-0.2, 0) is 0 Å². The third-order valence-electron chi connectivity index (χ3n) is 4.27. The molecule has 4 rings (SSSR count). The predicted molar refractivity (Wildman–Crippen MR) is 104 cm³/mol. The highest BCUT2D eigenvalue weighted by atomic mass is 35.5. The average molecular weight is 363 g/mol. The zero-order valence-electron chi connectivity index (χ0n) is 14.0. The Morgan fingerprint density at radius 2 is 1.85 bits per heavy atom. The molecule has 0 fully saturated rings. The Morgan fingerprint density at radius 3 is 2.62 bits per heavy atom. The van der Waals surface area contributed by atoms with Crippen LogP contribution in [0.3, 0.4) is 0 Å². The van der Waals surface area contributed by atoms with Crippen molar-refractivity contribution in [3.8, 4) is 11.1 Å². The molecule has 0 aliphatic carbocycles. The van der Waals surface area contributed by atoms with Gasteiger partial charge in [-0.15, -0.1) is 0 Å². The molecule has 0 bridgehead atoms. The van der Waals surface area contributed by atoms with Gasteiger partial charge in [-0.25, -0.2) is 0 Å². The van der Waals surface area contributed by atoms with Crippen LogP contribution in [0, 0.1) is 6.92 Å². The molecule has 1 aromatic heterocycles. The van der Waals surface area contributed by atoms with Crippen molar-refractivity contribution in [2.24, 2.45) is 0 Å². The molecule has 0 unspecified atom stereocenters. The second-order valence-corrected chi connectivity index (χ2v) is 6.45. The standard InChI is InChI=1S/C21H15ClN2O2/c1-13-10-15-12-23-26-20(15)11-18(13)14-6-8-16(9-7-14)24-21(25)17-4-2-3-5-19(17)22/h2-12H,1H3,(H,24,25). The minimum Gasteiger partial charge on any atom is -0.356 e. The smallest absolute Gasteiger partial charge is 0.257 e. The molecule has 0 saturated heterocycles. The number of aromatic nitrogens is 1. The van der Waals surface area contributed by atoms with E-state index in [1.54, 1.807) is 30.5 Å². The highest BCUT2D eigenvalue weighted by Gasteiger charge is 2.11. The SMILES string of the molecule is Cc1cc2cnoc2cc1-c1ccc(NC(=O)c2ccccc2Cl)cc1. The van der Waals surface area contributed by atoms with Crippen molar-refractivity contribution >= 4 is 34.2 Å². The number of fused-ring (bicyclic) bond motifs is 1. The van der Waals surface area contributed by atoms with E-state index in [0.717, 1.165) is 27.7 Å². The van der Waals surface area contributed by atoms with Crippen molar-refractivity contribution in [2.75, 3.05) is 5.32 Å². The number of anilines is 1. The number of halogens is 1. The summed E-state index contributed by atoms with van der Waals surface area (Å²) in [6.45, 7) is 2.05. The summed E-state index contributed by atoms with van der Waals surface area (Å²) in [5, 5.41) is 8.10. The van der Waals surface area contributed by atoms with Crippen LogP contribution in [0.4, 0.5) is 5.69 Å². The van der Waals surface area contributed by atoms with E-state index in [2.05, 4.69) is 17.4 Å². The Balaban J connectivity index is 1.59. The Hall–Kier alpha value is -3.11. The lowest BCUT2D eigenvalue weighted by Crippen LogP contribution is -2.12. The highest BCUT2D eigenvalue weighted by molar-refractivity contribution is 6.34. The van der Waals surface area contributed by atoms with E-state index >= 15 is 0 Å². The van der Waals surface area contributed by atoms with Gasteiger partial charge in [0.15, 0.2) is 5.58 Å². The molecule has 26 heavy (non-hydrogen) atoms. The zero-order chi connectivity index (χ0) is 18.1. The summed E-state index contributed by atoms with van der Waals surface area (Å²) in [6, 6.07) is 18.7. The van der Waals surface area contributed by atoms with Crippen molar-refractivity contribution in [1.29, 1.82) is 0 Å². The molecule has 0 spiro atoms. The molecule has 1 amide bonds. The lowest BCUT2D eigenvalue weighted by molar-refractivity contribution is 0.102. The number of rotatable bonds is 3. The van der Waals surface area contributed by atoms with E-state index in [1.807, 2.05) is 36.4 Å². The van der Waals surface area contributed by atoms with E-state index in [-0.39, 0.29) is 5.91 Å². The monoisotopic (exact) mass is 362 g/mol. The molecule has 5 heteroatoms. The minimum absolute atomic E-state index is 0.234. The number of amides is 1. The minimum atomic E-state index is -0.234. The first-order valence-electron chi connectivity index (χ1n) is 8.13. The molecule has 0 radical (unpaired) electrons. The average Bonchev–Trinajstić information content (AvgIpc) is 3.09. The van der Waals surface area contributed by atoms with Gasteiger partial charge in [-0.3, -0.25) is 4.79 Å². The first kappa shape index (κ1) is 16.4. The van der Waals surface area contributed by atoms with Crippen LogP contribution in [0.2, 0.25) is 5.02 Å². The molecule has 1 heterocycles. The molecule has 3 aromatic carbocycles. The first-order chi connectivity index (χ1) is 12.6. The fourth-order valence-corrected chi connectivity index (χ4v) is 3.14. The van der Waals surface area contributed by atoms with Gasteiger partial charge in [0, 0.05) is 11.1 Å². The van der Waals surface area contributed by atoms with Gasteiger partial charge in [-0.1, -0.05) is 41.0 Å². The van der Waals surface area contributed by atoms with Gasteiger partial charge in [-0.05, 0) is 60.0 Å². The van der Waals surface area contributed by atoms with Gasteiger partial charge >= 0.3 is 0 Å². The Morgan fingerprint density at radius 1 is 1.08 bits per heavy atom. The number of benzene rings is 3. The predicted octanol–water partition coefficient (Wildman–Crippen LogP) is 5.71. The maximum Gasteiger partial charge on any atom is 0.257 e. The fraction of sp³-hybridized carbons (Fsp3) is 0.0476. The van der Waals surface area contributed by atoms with Gasteiger partial charge < -0.3 is 9.84 Å². The molecular weight excluding hydrogens is 348 g/mol. The van der Waals surface area contributed by atoms with Crippen LogP contribution >= 0.6 is 11.6 Å². The number of hydrogen-bond acceptors (Lipinski definition) is 3. The van der Waals surface area contributed by atoms with Crippen molar-refractivity contribution in [2.45, 2.75) is 6.92 Å². The number of hydrogen-bond donors (Lipinski definition) is 1. The summed E-state index contributed by atoms with van der Waals surface area (Å²) in [5.74, 6) is -0.234. The van der Waals surface area contributed by atoms with Gasteiger partial charge in [0.1, 0.15) is 0 Å². The molecule has 0 aliphatic heterocycles. The van der Waals surface area contributed by atoms with Crippen LogP contribution in [0.25, 0.3) is 22.1 Å². The van der Waals surface area contributed by atoms with Gasteiger partial charge in [0.25, 0.3) is 5.91 Å². The molecule has 0 atom stereocenters. The van der Waals surface area contributed by atoms with E-state index in [9.17, 15) is 4.79 Å². The van der Waals surface area contributed by atoms with E-state index < -0.39 is 0 Å². The number of carbonyl (C=O) groups is 1. The second kappa shape index (κ2) is 6.65. The zero-order valence-corrected chi connectivity index (χ0v) is 14.7. The van der Waals surface area contributed by atoms with E-state index in [0.29, 0.717) is 16.3 Å². The van der Waals surface area contributed by atoms with E-state index in [4.69, 9.17) is 16.1 Å². The quantitative estimate of drug-likeness (QED) is 0.508. The normalized spacial score (nSPS) is 10.8. The lowest BCUT2D eigenvalue weighted by Gasteiger charge is -2.09. The summed E-state index contributed by atoms with van der Waals surface area (Å²) in [5.41, 5.74) is 5.15. The summed E-state index contributed by atoms with van der Waals surface area (Å²) >= 11 is 6.07. The first-order valence-corrected chi connectivity index (χ1v) is 8.51. The largest absolute Gasteiger partial charge is 0.356 e. The molecule has 4 aromatic rings. The number of nitrogens with one attached hydrogen (secondary N) is 1. The van der Waals surface area contributed by atoms with Crippen LogP contribution in [0.15, 0.2) is 71.4 Å². The topological polar surface area (TPSA) is 55.1 Å². The van der Waals surface area contributed by atoms with E-state index in [1.165, 1.54) is 0 Å². The Bertz CT molecular complexity index is 1100.